The zero-order valence-corrected chi connectivity index (χ0v) is 11.6. The maximum atomic E-state index is 4.52. The number of nitrogens with zero attached hydrogens (tertiary/aromatic N) is 3. The van der Waals surface area contributed by atoms with E-state index in [4.69, 9.17) is 0 Å². The lowest BCUT2D eigenvalue weighted by Crippen LogP contribution is -2.18. The highest BCUT2D eigenvalue weighted by molar-refractivity contribution is 7.03. The molecule has 5 heteroatoms. The SMILES string of the molecule is CNC(c1ccc2nc(C)ccc2c1)c1csnn1. The summed E-state index contributed by atoms with van der Waals surface area (Å²) in [6.07, 6.45) is 0. The van der Waals surface area contributed by atoms with E-state index in [0.717, 1.165) is 22.3 Å². The van der Waals surface area contributed by atoms with Crippen molar-refractivity contribution in [1.29, 1.82) is 0 Å². The molecule has 0 aliphatic heterocycles. The Bertz CT molecular complexity index is 694. The molecule has 0 aliphatic carbocycles. The van der Waals surface area contributed by atoms with Crippen LogP contribution in [0, 0.1) is 6.92 Å². The molecular formula is C14H14N4S. The lowest BCUT2D eigenvalue weighted by molar-refractivity contribution is 0.668. The topological polar surface area (TPSA) is 50.7 Å². The molecule has 1 atom stereocenters. The first kappa shape index (κ1) is 12.2. The molecule has 0 spiro atoms. The molecule has 4 nitrogen and oxygen atoms in total. The predicted octanol–water partition coefficient (Wildman–Crippen LogP) is 2.70. The van der Waals surface area contributed by atoms with Crippen molar-refractivity contribution >= 4 is 22.4 Å². The van der Waals surface area contributed by atoms with Gasteiger partial charge in [-0.05, 0) is 49.3 Å². The third-order valence-corrected chi connectivity index (χ3v) is 3.67. The standard InChI is InChI=1S/C14H14N4S/c1-9-3-4-10-7-11(5-6-12(10)16-9)14(15-2)13-8-19-18-17-13/h3-8,14-15H,1-2H3. The van der Waals surface area contributed by atoms with E-state index in [2.05, 4.69) is 44.2 Å². The summed E-state index contributed by atoms with van der Waals surface area (Å²) < 4.78 is 3.93. The van der Waals surface area contributed by atoms with Crippen molar-refractivity contribution in [2.75, 3.05) is 7.05 Å². The van der Waals surface area contributed by atoms with Gasteiger partial charge in [-0.1, -0.05) is 16.6 Å². The van der Waals surface area contributed by atoms with Crippen LogP contribution in [0.3, 0.4) is 0 Å². The summed E-state index contributed by atoms with van der Waals surface area (Å²) in [5, 5.41) is 10.5. The fourth-order valence-corrected chi connectivity index (χ4v) is 2.69. The minimum absolute atomic E-state index is 0.0736. The first-order chi connectivity index (χ1) is 9.28. The smallest absolute Gasteiger partial charge is 0.0970 e. The average Bonchev–Trinajstić information content (AvgIpc) is 2.93. The fraction of sp³-hybridized carbons (Fsp3) is 0.214. The Balaban J connectivity index is 2.07. The quantitative estimate of drug-likeness (QED) is 0.795. The van der Waals surface area contributed by atoms with Gasteiger partial charge in [-0.2, -0.15) is 0 Å². The molecule has 0 bridgehead atoms. The van der Waals surface area contributed by atoms with Gasteiger partial charge in [0.25, 0.3) is 0 Å². The van der Waals surface area contributed by atoms with Gasteiger partial charge < -0.3 is 5.32 Å². The zero-order valence-electron chi connectivity index (χ0n) is 10.8. The number of fused-ring (bicyclic) bond motifs is 1. The molecule has 0 saturated heterocycles. The van der Waals surface area contributed by atoms with Gasteiger partial charge in [0, 0.05) is 16.5 Å². The van der Waals surface area contributed by atoms with Crippen LogP contribution < -0.4 is 5.32 Å². The first-order valence-electron chi connectivity index (χ1n) is 6.09. The van der Waals surface area contributed by atoms with Crippen LogP contribution in [0.5, 0.6) is 0 Å². The summed E-state index contributed by atoms with van der Waals surface area (Å²) in [5.74, 6) is 0. The van der Waals surface area contributed by atoms with Gasteiger partial charge in [0.15, 0.2) is 0 Å². The average molecular weight is 270 g/mol. The molecule has 0 fully saturated rings. The van der Waals surface area contributed by atoms with Crippen molar-refractivity contribution in [3.8, 4) is 0 Å². The van der Waals surface area contributed by atoms with E-state index in [1.165, 1.54) is 17.1 Å². The summed E-state index contributed by atoms with van der Waals surface area (Å²) in [4.78, 5) is 4.52. The van der Waals surface area contributed by atoms with Gasteiger partial charge >= 0.3 is 0 Å². The zero-order chi connectivity index (χ0) is 13.2. The van der Waals surface area contributed by atoms with Gasteiger partial charge in [0.05, 0.1) is 17.3 Å². The van der Waals surface area contributed by atoms with E-state index < -0.39 is 0 Å². The minimum atomic E-state index is 0.0736. The van der Waals surface area contributed by atoms with Crippen molar-refractivity contribution in [3.63, 3.8) is 0 Å². The molecule has 3 rings (SSSR count). The predicted molar refractivity (Wildman–Crippen MR) is 77.3 cm³/mol. The molecule has 19 heavy (non-hydrogen) atoms. The van der Waals surface area contributed by atoms with Crippen LogP contribution in [0.15, 0.2) is 35.7 Å². The van der Waals surface area contributed by atoms with Gasteiger partial charge in [-0.3, -0.25) is 4.98 Å². The summed E-state index contributed by atoms with van der Waals surface area (Å²) in [7, 11) is 1.93. The molecule has 2 heterocycles. The van der Waals surface area contributed by atoms with Crippen molar-refractivity contribution in [3.05, 3.63) is 52.7 Å². The highest BCUT2D eigenvalue weighted by Crippen LogP contribution is 2.24. The molecule has 1 aromatic carbocycles. The maximum absolute atomic E-state index is 4.52. The second kappa shape index (κ2) is 5.03. The largest absolute Gasteiger partial charge is 0.308 e. The van der Waals surface area contributed by atoms with Crippen LogP contribution in [0.1, 0.15) is 23.0 Å². The molecule has 0 aliphatic rings. The monoisotopic (exact) mass is 270 g/mol. The highest BCUT2D eigenvalue weighted by Gasteiger charge is 2.15. The van der Waals surface area contributed by atoms with E-state index in [1.54, 1.807) is 0 Å². The lowest BCUT2D eigenvalue weighted by atomic mass is 10.0. The third-order valence-electron chi connectivity index (χ3n) is 3.15. The van der Waals surface area contributed by atoms with Gasteiger partial charge in [0.1, 0.15) is 0 Å². The van der Waals surface area contributed by atoms with Crippen LogP contribution in [0.4, 0.5) is 0 Å². The van der Waals surface area contributed by atoms with Crippen molar-refractivity contribution < 1.29 is 0 Å². The molecule has 96 valence electrons. The second-order valence-corrected chi connectivity index (χ2v) is 5.07. The van der Waals surface area contributed by atoms with Crippen molar-refractivity contribution in [1.82, 2.24) is 19.9 Å². The summed E-state index contributed by atoms with van der Waals surface area (Å²) >= 11 is 1.37. The van der Waals surface area contributed by atoms with Gasteiger partial charge in [0.2, 0.25) is 0 Å². The summed E-state index contributed by atoms with van der Waals surface area (Å²) in [5.41, 5.74) is 4.18. The Hall–Kier alpha value is -1.85. The summed E-state index contributed by atoms with van der Waals surface area (Å²) in [6, 6.07) is 10.5. The molecule has 3 aromatic rings. The van der Waals surface area contributed by atoms with E-state index in [-0.39, 0.29) is 6.04 Å². The maximum Gasteiger partial charge on any atom is 0.0970 e. The third kappa shape index (κ3) is 2.34. The van der Waals surface area contributed by atoms with E-state index in [1.807, 2.05) is 25.4 Å². The Morgan fingerprint density at radius 3 is 2.84 bits per heavy atom. The van der Waals surface area contributed by atoms with Crippen LogP contribution in [-0.4, -0.2) is 21.6 Å². The molecule has 1 unspecified atom stereocenters. The summed E-state index contributed by atoms with van der Waals surface area (Å²) in [6.45, 7) is 2.00. The Morgan fingerprint density at radius 1 is 1.21 bits per heavy atom. The molecule has 0 radical (unpaired) electrons. The van der Waals surface area contributed by atoms with Crippen LogP contribution in [0.25, 0.3) is 10.9 Å². The fourth-order valence-electron chi connectivity index (χ4n) is 2.21. The number of benzene rings is 1. The number of nitrogens with one attached hydrogen (secondary N) is 1. The number of aromatic nitrogens is 3. The van der Waals surface area contributed by atoms with Gasteiger partial charge in [-0.15, -0.1) is 5.10 Å². The van der Waals surface area contributed by atoms with E-state index in [9.17, 15) is 0 Å². The Labute approximate surface area is 115 Å². The highest BCUT2D eigenvalue weighted by atomic mass is 32.1. The molecule has 0 amide bonds. The minimum Gasteiger partial charge on any atom is -0.308 e. The lowest BCUT2D eigenvalue weighted by Gasteiger charge is -2.14. The number of aryl methyl sites for hydroxylation is 1. The molecule has 2 aromatic heterocycles. The number of hydrogen-bond acceptors (Lipinski definition) is 5. The number of rotatable bonds is 3. The van der Waals surface area contributed by atoms with Crippen LogP contribution in [0.2, 0.25) is 0 Å². The molecular weight excluding hydrogens is 256 g/mol. The van der Waals surface area contributed by atoms with Crippen LogP contribution >= 0.6 is 11.5 Å². The van der Waals surface area contributed by atoms with Gasteiger partial charge in [-0.25, -0.2) is 0 Å². The van der Waals surface area contributed by atoms with E-state index >= 15 is 0 Å². The first-order valence-corrected chi connectivity index (χ1v) is 6.93. The van der Waals surface area contributed by atoms with E-state index in [0.29, 0.717) is 0 Å². The van der Waals surface area contributed by atoms with Crippen molar-refractivity contribution in [2.45, 2.75) is 13.0 Å². The Kier molecular flexibility index (Phi) is 3.23. The Morgan fingerprint density at radius 2 is 2.11 bits per heavy atom. The molecule has 1 N–H and O–H groups in total. The molecule has 0 saturated carbocycles. The second-order valence-electron chi connectivity index (χ2n) is 4.46. The number of hydrogen-bond donors (Lipinski definition) is 1. The van der Waals surface area contributed by atoms with Crippen molar-refractivity contribution in [2.24, 2.45) is 0 Å². The normalized spacial score (nSPS) is 12.7. The number of pyridine rings is 1. The van der Waals surface area contributed by atoms with Crippen LogP contribution in [-0.2, 0) is 0 Å².